The van der Waals surface area contributed by atoms with Crippen molar-refractivity contribution in [3.05, 3.63) is 67.6 Å². The monoisotopic (exact) mass is 519 g/mol. The number of hydrogen-bond acceptors (Lipinski definition) is 6. The number of halogens is 2. The molecule has 0 amide bonds. The Hall–Kier alpha value is -2.71. The van der Waals surface area contributed by atoms with Crippen LogP contribution in [0.1, 0.15) is 44.5 Å². The maximum Gasteiger partial charge on any atom is 0.346 e. The highest BCUT2D eigenvalue weighted by Crippen LogP contribution is 2.24. The van der Waals surface area contributed by atoms with Crippen molar-refractivity contribution in [3.63, 3.8) is 0 Å². The lowest BCUT2D eigenvalue weighted by Gasteiger charge is -2.15. The van der Waals surface area contributed by atoms with Crippen LogP contribution >= 0.6 is 27.5 Å². The lowest BCUT2D eigenvalue weighted by Crippen LogP contribution is -2.25. The summed E-state index contributed by atoms with van der Waals surface area (Å²) >= 11 is 9.56. The first kappa shape index (κ1) is 23.9. The fourth-order valence-corrected chi connectivity index (χ4v) is 3.57. The third-order valence-corrected chi connectivity index (χ3v) is 5.74. The molecule has 0 aliphatic heterocycles. The van der Waals surface area contributed by atoms with Gasteiger partial charge in [-0.05, 0) is 49.7 Å². The Balaban J connectivity index is 2.12. The van der Waals surface area contributed by atoms with Crippen molar-refractivity contribution in [2.45, 2.75) is 39.2 Å². The van der Waals surface area contributed by atoms with E-state index in [-0.39, 0.29) is 11.5 Å². The Morgan fingerprint density at radius 1 is 1.28 bits per heavy atom. The number of hydrogen-bond donors (Lipinski definition) is 0. The molecule has 0 unspecified atom stereocenters. The lowest BCUT2D eigenvalue weighted by atomic mass is 10.1. The first-order valence-corrected chi connectivity index (χ1v) is 11.2. The van der Waals surface area contributed by atoms with E-state index in [0.29, 0.717) is 33.1 Å². The first-order chi connectivity index (χ1) is 15.2. The van der Waals surface area contributed by atoms with Crippen LogP contribution in [0.15, 0.2) is 50.8 Å². The molecule has 3 aromatic rings. The van der Waals surface area contributed by atoms with Gasteiger partial charge >= 0.3 is 5.97 Å². The Bertz CT molecular complexity index is 1240. The summed E-state index contributed by atoms with van der Waals surface area (Å²) in [5.41, 5.74) is 0.832. The fourth-order valence-electron chi connectivity index (χ4n) is 3.03. The van der Waals surface area contributed by atoms with E-state index in [0.717, 1.165) is 10.9 Å². The van der Waals surface area contributed by atoms with Gasteiger partial charge in [-0.25, -0.2) is 9.78 Å². The summed E-state index contributed by atoms with van der Waals surface area (Å²) in [4.78, 5) is 29.7. The van der Waals surface area contributed by atoms with Gasteiger partial charge in [0.2, 0.25) is 0 Å². The summed E-state index contributed by atoms with van der Waals surface area (Å²) in [6.07, 6.45) is 1.43. The number of esters is 1. The van der Waals surface area contributed by atoms with Crippen molar-refractivity contribution in [3.8, 4) is 5.75 Å². The average molecular weight is 521 g/mol. The topological polar surface area (TPSA) is 82.8 Å². The molecule has 2 atom stereocenters. The van der Waals surface area contributed by atoms with Crippen LogP contribution in [0.3, 0.4) is 0 Å². The van der Waals surface area contributed by atoms with Gasteiger partial charge in [-0.15, -0.1) is 0 Å². The number of aromatic nitrogens is 2. The first-order valence-electron chi connectivity index (χ1n) is 10.1. The molecule has 0 fully saturated rings. The van der Waals surface area contributed by atoms with Gasteiger partial charge in [-0.1, -0.05) is 41.4 Å². The quantitative estimate of drug-likeness (QED) is 0.318. The number of rotatable bonds is 7. The minimum atomic E-state index is -0.827. The Kier molecular flexibility index (Phi) is 7.69. The third kappa shape index (κ3) is 5.19. The molecular weight excluding hydrogens is 498 g/mol. The summed E-state index contributed by atoms with van der Waals surface area (Å²) in [5, 5.41) is 5.35. The van der Waals surface area contributed by atoms with Crippen LogP contribution in [-0.2, 0) is 9.53 Å². The molecule has 7 nitrogen and oxygen atoms in total. The van der Waals surface area contributed by atoms with E-state index in [4.69, 9.17) is 26.1 Å². The minimum Gasteiger partial charge on any atom is -0.478 e. The number of benzene rings is 2. The molecule has 2 aromatic carbocycles. The van der Waals surface area contributed by atoms with Crippen LogP contribution in [0.5, 0.6) is 5.75 Å². The van der Waals surface area contributed by atoms with E-state index in [1.54, 1.807) is 37.3 Å². The van der Waals surface area contributed by atoms with Crippen molar-refractivity contribution in [1.29, 1.82) is 0 Å². The molecule has 1 aromatic heterocycles. The van der Waals surface area contributed by atoms with Crippen molar-refractivity contribution < 1.29 is 14.3 Å². The molecule has 0 aliphatic carbocycles. The highest BCUT2D eigenvalue weighted by Gasteiger charge is 2.18. The second-order valence-electron chi connectivity index (χ2n) is 7.27. The van der Waals surface area contributed by atoms with Gasteiger partial charge < -0.3 is 9.47 Å². The van der Waals surface area contributed by atoms with Crippen molar-refractivity contribution in [2.24, 2.45) is 5.10 Å². The molecule has 0 bridgehead atoms. The maximum absolute atomic E-state index is 13.3. The number of ether oxygens (including phenoxy) is 2. The lowest BCUT2D eigenvalue weighted by molar-refractivity contribution is -0.147. The van der Waals surface area contributed by atoms with E-state index in [2.05, 4.69) is 21.0 Å². The number of nitrogens with zero attached hydrogens (tertiary/aromatic N) is 3. The highest BCUT2D eigenvalue weighted by atomic mass is 79.9. The summed E-state index contributed by atoms with van der Waals surface area (Å²) < 4.78 is 12.5. The van der Waals surface area contributed by atoms with Crippen LogP contribution in [0.4, 0.5) is 0 Å². The molecule has 32 heavy (non-hydrogen) atoms. The van der Waals surface area contributed by atoms with Crippen molar-refractivity contribution in [2.75, 3.05) is 7.11 Å². The van der Waals surface area contributed by atoms with Crippen molar-refractivity contribution >= 4 is 50.6 Å². The summed E-state index contributed by atoms with van der Waals surface area (Å²) in [6, 6.07) is 10.3. The molecule has 9 heteroatoms. The molecular formula is C23H23BrClN3O4. The molecule has 168 valence electrons. The van der Waals surface area contributed by atoms with E-state index in [9.17, 15) is 9.59 Å². The summed E-state index contributed by atoms with van der Waals surface area (Å²) in [6.45, 7) is 5.59. The van der Waals surface area contributed by atoms with Crippen LogP contribution in [0, 0.1) is 0 Å². The number of fused-ring (bicyclic) bond motifs is 1. The average Bonchev–Trinajstić information content (AvgIpc) is 2.78. The zero-order valence-electron chi connectivity index (χ0n) is 18.1. The number of carbonyl (C=O) groups excluding carboxylic acids is 1. The Morgan fingerprint density at radius 3 is 2.72 bits per heavy atom. The van der Waals surface area contributed by atoms with E-state index < -0.39 is 12.1 Å². The van der Waals surface area contributed by atoms with Gasteiger partial charge in [-0.3, -0.25) is 4.79 Å². The zero-order valence-corrected chi connectivity index (χ0v) is 20.5. The van der Waals surface area contributed by atoms with Gasteiger partial charge in [0.05, 0.1) is 24.2 Å². The molecule has 0 spiro atoms. The van der Waals surface area contributed by atoms with Gasteiger partial charge in [-0.2, -0.15) is 9.78 Å². The standard InChI is InChI=1S/C23H23BrClN3O4/c1-5-13(2)21-27-19-8-6-16(24)11-18(19)22(29)28(21)26-12-15-10-17(25)7-9-20(15)32-14(3)23(30)31-4/h6-14H,5H2,1-4H3/t13-,14+/m0/s1. The SMILES string of the molecule is CC[C@H](C)c1nc2ccc(Br)cc2c(=O)n1N=Cc1cc(Cl)ccc1O[C@H](C)C(=O)OC. The normalized spacial score (nSPS) is 13.3. The molecule has 0 aliphatic rings. The minimum absolute atomic E-state index is 0.00215. The van der Waals surface area contributed by atoms with E-state index in [1.165, 1.54) is 18.0 Å². The maximum atomic E-state index is 13.3. The van der Waals surface area contributed by atoms with E-state index >= 15 is 0 Å². The predicted octanol–water partition coefficient (Wildman–Crippen LogP) is 5.15. The van der Waals surface area contributed by atoms with Crippen LogP contribution in [-0.4, -0.2) is 35.1 Å². The number of carbonyl (C=O) groups is 1. The highest BCUT2D eigenvalue weighted by molar-refractivity contribution is 9.10. The van der Waals surface area contributed by atoms with Crippen LogP contribution in [0.2, 0.25) is 5.02 Å². The largest absolute Gasteiger partial charge is 0.478 e. The summed E-state index contributed by atoms with van der Waals surface area (Å²) in [5.74, 6) is 0.423. The van der Waals surface area contributed by atoms with Gasteiger partial charge in [0.15, 0.2) is 6.10 Å². The third-order valence-electron chi connectivity index (χ3n) is 5.01. The van der Waals surface area contributed by atoms with Crippen molar-refractivity contribution in [1.82, 2.24) is 9.66 Å². The fraction of sp³-hybridized carbons (Fsp3) is 0.304. The molecule has 3 rings (SSSR count). The Morgan fingerprint density at radius 2 is 2.03 bits per heavy atom. The van der Waals surface area contributed by atoms with Crippen LogP contribution in [0.25, 0.3) is 10.9 Å². The van der Waals surface area contributed by atoms with Crippen LogP contribution < -0.4 is 10.3 Å². The van der Waals surface area contributed by atoms with Gasteiger partial charge in [0.1, 0.15) is 11.6 Å². The predicted molar refractivity (Wildman–Crippen MR) is 129 cm³/mol. The molecule has 1 heterocycles. The second kappa shape index (κ2) is 10.3. The molecule has 0 saturated carbocycles. The van der Waals surface area contributed by atoms with Gasteiger partial charge in [0.25, 0.3) is 5.56 Å². The van der Waals surface area contributed by atoms with Gasteiger partial charge in [0, 0.05) is 21.0 Å². The smallest absolute Gasteiger partial charge is 0.346 e. The number of methoxy groups -OCH3 is 1. The Labute approximate surface area is 199 Å². The van der Waals surface area contributed by atoms with E-state index in [1.807, 2.05) is 19.9 Å². The summed E-state index contributed by atoms with van der Waals surface area (Å²) in [7, 11) is 1.29. The molecule has 0 radical (unpaired) electrons. The molecule has 0 N–H and O–H groups in total. The zero-order chi connectivity index (χ0) is 23.4. The molecule has 0 saturated heterocycles. The second-order valence-corrected chi connectivity index (χ2v) is 8.62.